The van der Waals surface area contributed by atoms with Crippen LogP contribution in [-0.4, -0.2) is 48.4 Å². The topological polar surface area (TPSA) is 26.3 Å². The molecule has 1 atom stereocenters. The summed E-state index contributed by atoms with van der Waals surface area (Å²) in [4.78, 5) is 11.7. The Labute approximate surface area is 161 Å². The largest absolute Gasteiger partial charge is 0.466 e. The maximum absolute atomic E-state index is 14.0. The molecule has 0 amide bonds. The Kier molecular flexibility index (Phi) is 7.54. The molecule has 0 bridgehead atoms. The summed E-state index contributed by atoms with van der Waals surface area (Å²) < 4.78 is 175. The zero-order valence-corrected chi connectivity index (χ0v) is 15.7. The molecular weight excluding hydrogens is 459 g/mol. The number of ether oxygens (including phenoxy) is 1. The average molecular weight is 476 g/mol. The SMILES string of the molecule is CCOC(=O)C(CC(F)(F)C(F)(F)C(F)(F)C(F)(F)C(F)(F)C(F)(F)F)C(C)(C)C. The van der Waals surface area contributed by atoms with Crippen molar-refractivity contribution in [2.75, 3.05) is 6.61 Å². The lowest BCUT2D eigenvalue weighted by atomic mass is 9.75. The fourth-order valence-corrected chi connectivity index (χ4v) is 2.17. The molecule has 0 heterocycles. The first kappa shape index (κ1) is 28.6. The highest BCUT2D eigenvalue weighted by atomic mass is 19.4. The zero-order chi connectivity index (χ0) is 24.8. The molecule has 30 heavy (non-hydrogen) atoms. The van der Waals surface area contributed by atoms with Crippen LogP contribution in [0.25, 0.3) is 0 Å². The van der Waals surface area contributed by atoms with Crippen molar-refractivity contribution in [2.24, 2.45) is 11.3 Å². The molecule has 15 heteroatoms. The van der Waals surface area contributed by atoms with E-state index in [1.165, 1.54) is 0 Å². The molecule has 0 spiro atoms. The van der Waals surface area contributed by atoms with Crippen LogP contribution in [0.15, 0.2) is 0 Å². The quantitative estimate of drug-likeness (QED) is 0.302. The summed E-state index contributed by atoms with van der Waals surface area (Å²) in [5.41, 5.74) is -1.71. The highest BCUT2D eigenvalue weighted by Crippen LogP contribution is 2.61. The minimum atomic E-state index is -7.97. The van der Waals surface area contributed by atoms with Gasteiger partial charge in [0.15, 0.2) is 0 Å². The van der Waals surface area contributed by atoms with Crippen LogP contribution in [0.2, 0.25) is 0 Å². The second kappa shape index (κ2) is 7.92. The van der Waals surface area contributed by atoms with Gasteiger partial charge in [-0.15, -0.1) is 0 Å². The monoisotopic (exact) mass is 476 g/mol. The van der Waals surface area contributed by atoms with Crippen LogP contribution in [0.4, 0.5) is 57.1 Å². The summed E-state index contributed by atoms with van der Waals surface area (Å²) in [7, 11) is 0. The number of carbonyl (C=O) groups excluding carboxylic acids is 1. The minimum Gasteiger partial charge on any atom is -0.466 e. The first-order chi connectivity index (χ1) is 12.8. The first-order valence-corrected chi connectivity index (χ1v) is 7.95. The van der Waals surface area contributed by atoms with Gasteiger partial charge >= 0.3 is 41.8 Å². The number of hydrogen-bond acceptors (Lipinski definition) is 2. The Hall–Kier alpha value is -1.44. The van der Waals surface area contributed by atoms with Gasteiger partial charge in [0.25, 0.3) is 0 Å². The first-order valence-electron chi connectivity index (χ1n) is 7.95. The smallest absolute Gasteiger partial charge is 0.460 e. The van der Waals surface area contributed by atoms with Gasteiger partial charge in [-0.25, -0.2) is 0 Å². The molecule has 0 saturated heterocycles. The predicted molar refractivity (Wildman–Crippen MR) is 75.0 cm³/mol. The number of halogens is 13. The van der Waals surface area contributed by atoms with E-state index < -0.39 is 66.1 Å². The summed E-state index contributed by atoms with van der Waals surface area (Å²) in [5, 5.41) is 0. The van der Waals surface area contributed by atoms with Gasteiger partial charge in [0.2, 0.25) is 0 Å². The summed E-state index contributed by atoms with van der Waals surface area (Å²) in [5.74, 6) is -41.3. The highest BCUT2D eigenvalue weighted by molar-refractivity contribution is 5.73. The van der Waals surface area contributed by atoms with E-state index >= 15 is 0 Å². The van der Waals surface area contributed by atoms with E-state index in [2.05, 4.69) is 4.74 Å². The number of rotatable bonds is 8. The lowest BCUT2D eigenvalue weighted by molar-refractivity contribution is -0.440. The molecule has 0 aliphatic carbocycles. The third-order valence-corrected chi connectivity index (χ3v) is 4.08. The summed E-state index contributed by atoms with van der Waals surface area (Å²) >= 11 is 0. The van der Waals surface area contributed by atoms with Crippen molar-refractivity contribution in [2.45, 2.75) is 69.9 Å². The summed E-state index contributed by atoms with van der Waals surface area (Å²) in [6, 6.07) is 0. The molecule has 0 aromatic carbocycles. The molecular formula is C15H17F13O2. The molecule has 0 rings (SSSR count). The van der Waals surface area contributed by atoms with Crippen LogP contribution < -0.4 is 0 Å². The summed E-state index contributed by atoms with van der Waals surface area (Å²) in [6.07, 6.45) is -10.1. The van der Waals surface area contributed by atoms with Gasteiger partial charge in [-0.2, -0.15) is 57.1 Å². The van der Waals surface area contributed by atoms with Gasteiger partial charge < -0.3 is 4.74 Å². The van der Waals surface area contributed by atoms with Crippen molar-refractivity contribution in [3.63, 3.8) is 0 Å². The van der Waals surface area contributed by atoms with Gasteiger partial charge in [-0.1, -0.05) is 20.8 Å². The van der Waals surface area contributed by atoms with E-state index in [4.69, 9.17) is 0 Å². The van der Waals surface area contributed by atoms with E-state index in [0.717, 1.165) is 27.7 Å². The van der Waals surface area contributed by atoms with Crippen LogP contribution >= 0.6 is 0 Å². The molecule has 0 radical (unpaired) electrons. The zero-order valence-electron chi connectivity index (χ0n) is 15.7. The van der Waals surface area contributed by atoms with E-state index in [1.807, 2.05) is 0 Å². The number of esters is 1. The molecule has 180 valence electrons. The molecule has 0 aliphatic heterocycles. The van der Waals surface area contributed by atoms with E-state index in [0.29, 0.717) is 0 Å². The highest BCUT2D eigenvalue weighted by Gasteiger charge is 2.90. The van der Waals surface area contributed by atoms with E-state index in [9.17, 15) is 61.9 Å². The summed E-state index contributed by atoms with van der Waals surface area (Å²) in [6.45, 7) is 3.60. The Morgan fingerprint density at radius 1 is 0.700 bits per heavy atom. The molecule has 0 aromatic heterocycles. The average Bonchev–Trinajstić information content (AvgIpc) is 2.49. The van der Waals surface area contributed by atoms with Gasteiger partial charge in [-0.05, 0) is 12.3 Å². The lowest BCUT2D eigenvalue weighted by Gasteiger charge is -2.41. The van der Waals surface area contributed by atoms with E-state index in [1.54, 1.807) is 0 Å². The fourth-order valence-electron chi connectivity index (χ4n) is 2.17. The van der Waals surface area contributed by atoms with Crippen LogP contribution in [0.3, 0.4) is 0 Å². The van der Waals surface area contributed by atoms with Crippen molar-refractivity contribution in [1.29, 1.82) is 0 Å². The lowest BCUT2D eigenvalue weighted by Crippen LogP contribution is -2.70. The van der Waals surface area contributed by atoms with Crippen molar-refractivity contribution in [3.8, 4) is 0 Å². The van der Waals surface area contributed by atoms with Crippen LogP contribution in [0, 0.1) is 11.3 Å². The molecule has 0 aliphatic rings. The van der Waals surface area contributed by atoms with Gasteiger partial charge in [0, 0.05) is 6.42 Å². The van der Waals surface area contributed by atoms with Crippen LogP contribution in [0.5, 0.6) is 0 Å². The van der Waals surface area contributed by atoms with Gasteiger partial charge in [0.1, 0.15) is 0 Å². The van der Waals surface area contributed by atoms with E-state index in [-0.39, 0.29) is 0 Å². The minimum absolute atomic E-state index is 0.487. The number of carbonyl (C=O) groups is 1. The number of hydrogen-bond donors (Lipinski definition) is 0. The van der Waals surface area contributed by atoms with Gasteiger partial charge in [0.05, 0.1) is 12.5 Å². The van der Waals surface area contributed by atoms with Crippen molar-refractivity contribution in [1.82, 2.24) is 0 Å². The molecule has 0 fully saturated rings. The normalized spacial score (nSPS) is 16.4. The second-order valence-corrected chi connectivity index (χ2v) is 7.37. The van der Waals surface area contributed by atoms with Crippen molar-refractivity contribution < 1.29 is 66.6 Å². The Bertz CT molecular complexity index is 617. The fraction of sp³-hybridized carbons (Fsp3) is 0.933. The second-order valence-electron chi connectivity index (χ2n) is 7.37. The predicted octanol–water partition coefficient (Wildman–Crippen LogP) is 6.34. The third kappa shape index (κ3) is 4.58. The Morgan fingerprint density at radius 2 is 1.07 bits per heavy atom. The maximum Gasteiger partial charge on any atom is 0.460 e. The maximum atomic E-state index is 14.0. The number of alkyl halides is 13. The molecule has 2 nitrogen and oxygen atoms in total. The van der Waals surface area contributed by atoms with Crippen LogP contribution in [0.1, 0.15) is 34.1 Å². The molecule has 0 saturated carbocycles. The van der Waals surface area contributed by atoms with Crippen LogP contribution in [-0.2, 0) is 9.53 Å². The van der Waals surface area contributed by atoms with Crippen molar-refractivity contribution >= 4 is 5.97 Å². The molecule has 0 N–H and O–H groups in total. The third-order valence-electron chi connectivity index (χ3n) is 4.08. The van der Waals surface area contributed by atoms with Crippen molar-refractivity contribution in [3.05, 3.63) is 0 Å². The molecule has 0 aromatic rings. The van der Waals surface area contributed by atoms with Gasteiger partial charge in [-0.3, -0.25) is 4.79 Å². The standard InChI is InChI=1S/C15H17F13O2/c1-5-30-8(29)7(9(2,3)4)6-10(16,17)11(18,19)12(20,21)13(22,23)14(24,25)15(26,27)28/h7H,5-6H2,1-4H3. The molecule has 1 unspecified atom stereocenters. The Balaban J connectivity index is 6.38. The Morgan fingerprint density at radius 3 is 1.37 bits per heavy atom.